The van der Waals surface area contributed by atoms with Crippen LogP contribution in [0, 0.1) is 6.92 Å². The van der Waals surface area contributed by atoms with Gasteiger partial charge in [-0.15, -0.1) is 0 Å². The Morgan fingerprint density at radius 3 is 2.20 bits per heavy atom. The van der Waals surface area contributed by atoms with Gasteiger partial charge in [0.1, 0.15) is 0 Å². The van der Waals surface area contributed by atoms with Crippen LogP contribution in [0.1, 0.15) is 16.7 Å². The lowest BCUT2D eigenvalue weighted by Gasteiger charge is -2.30. The summed E-state index contributed by atoms with van der Waals surface area (Å²) in [5, 5.41) is 2.44. The van der Waals surface area contributed by atoms with E-state index in [4.69, 9.17) is 0 Å². The Bertz CT molecular complexity index is 1330. The number of hydrogen-bond acceptors (Lipinski definition) is 2. The fraction of sp³-hybridized carbons (Fsp3) is 0.154. The van der Waals surface area contributed by atoms with Crippen molar-refractivity contribution in [2.45, 2.75) is 24.8 Å². The largest absolute Gasteiger partial charge is 0.243 e. The normalized spacial score (nSPS) is 14.6. The average Bonchev–Trinajstić information content (AvgIpc) is 2.79. The first-order valence-electron chi connectivity index (χ1n) is 10.2. The van der Waals surface area contributed by atoms with E-state index in [2.05, 4.69) is 42.5 Å². The van der Waals surface area contributed by atoms with Crippen molar-refractivity contribution in [2.24, 2.45) is 0 Å². The summed E-state index contributed by atoms with van der Waals surface area (Å²) in [6.45, 7) is 2.86. The van der Waals surface area contributed by atoms with E-state index in [9.17, 15) is 8.42 Å². The molecule has 1 aliphatic rings. The van der Waals surface area contributed by atoms with Gasteiger partial charge in [0.2, 0.25) is 10.0 Å². The molecule has 0 unspecified atom stereocenters. The van der Waals surface area contributed by atoms with Crippen LogP contribution in [0.4, 0.5) is 0 Å². The molecule has 150 valence electrons. The summed E-state index contributed by atoms with van der Waals surface area (Å²) in [5.74, 6) is 0. The molecule has 5 rings (SSSR count). The molecule has 3 nitrogen and oxygen atoms in total. The summed E-state index contributed by atoms with van der Waals surface area (Å²) in [7, 11) is -3.52. The third-order valence-corrected chi connectivity index (χ3v) is 7.81. The van der Waals surface area contributed by atoms with Crippen LogP contribution in [0.5, 0.6) is 0 Å². The highest BCUT2D eigenvalue weighted by molar-refractivity contribution is 7.89. The van der Waals surface area contributed by atoms with Crippen LogP contribution in [-0.2, 0) is 23.0 Å². The zero-order valence-corrected chi connectivity index (χ0v) is 17.7. The fourth-order valence-electron chi connectivity index (χ4n) is 4.36. The van der Waals surface area contributed by atoms with Crippen LogP contribution in [0.15, 0.2) is 89.8 Å². The lowest BCUT2D eigenvalue weighted by molar-refractivity contribution is 0.392. The first-order valence-corrected chi connectivity index (χ1v) is 11.6. The smallest absolute Gasteiger partial charge is 0.207 e. The monoisotopic (exact) mass is 413 g/mol. The zero-order chi connectivity index (χ0) is 20.7. The zero-order valence-electron chi connectivity index (χ0n) is 16.9. The Labute approximate surface area is 177 Å². The van der Waals surface area contributed by atoms with Crippen LogP contribution in [0.25, 0.3) is 21.9 Å². The van der Waals surface area contributed by atoms with Gasteiger partial charge >= 0.3 is 0 Å². The van der Waals surface area contributed by atoms with Crippen molar-refractivity contribution in [3.63, 3.8) is 0 Å². The van der Waals surface area contributed by atoms with Crippen molar-refractivity contribution in [3.8, 4) is 11.1 Å². The molecule has 0 N–H and O–H groups in total. The number of aryl methyl sites for hydroxylation is 1. The van der Waals surface area contributed by atoms with Gasteiger partial charge in [-0.1, -0.05) is 72.3 Å². The van der Waals surface area contributed by atoms with Crippen molar-refractivity contribution in [1.82, 2.24) is 4.31 Å². The molecule has 0 saturated carbocycles. The van der Waals surface area contributed by atoms with Gasteiger partial charge in [-0.3, -0.25) is 0 Å². The maximum atomic E-state index is 13.3. The Morgan fingerprint density at radius 1 is 0.800 bits per heavy atom. The van der Waals surface area contributed by atoms with Crippen LogP contribution in [0.2, 0.25) is 0 Å². The molecule has 0 bridgehead atoms. The predicted octanol–water partition coefficient (Wildman–Crippen LogP) is 5.56. The van der Waals surface area contributed by atoms with E-state index in [1.165, 1.54) is 16.3 Å². The molecule has 0 fully saturated rings. The van der Waals surface area contributed by atoms with Crippen molar-refractivity contribution < 1.29 is 8.42 Å². The lowest BCUT2D eigenvalue weighted by Crippen LogP contribution is -2.36. The number of rotatable bonds is 3. The quantitative estimate of drug-likeness (QED) is 0.441. The second-order valence-electron chi connectivity index (χ2n) is 7.88. The van der Waals surface area contributed by atoms with Crippen molar-refractivity contribution in [1.29, 1.82) is 0 Å². The molecule has 0 radical (unpaired) electrons. The van der Waals surface area contributed by atoms with Crippen molar-refractivity contribution in [2.75, 3.05) is 6.54 Å². The van der Waals surface area contributed by atoms with Gasteiger partial charge in [0.15, 0.2) is 0 Å². The topological polar surface area (TPSA) is 37.4 Å². The first kappa shape index (κ1) is 19.0. The molecule has 4 aromatic carbocycles. The highest BCUT2D eigenvalue weighted by Gasteiger charge is 2.29. The van der Waals surface area contributed by atoms with Gasteiger partial charge in [0.25, 0.3) is 0 Å². The van der Waals surface area contributed by atoms with Gasteiger partial charge in [-0.25, -0.2) is 8.42 Å². The molecule has 1 aliphatic heterocycles. The summed E-state index contributed by atoms with van der Waals surface area (Å²) in [6.07, 6.45) is 0.718. The highest BCUT2D eigenvalue weighted by atomic mass is 32.2. The maximum Gasteiger partial charge on any atom is 0.243 e. The minimum absolute atomic E-state index is 0.362. The Balaban J connectivity index is 1.61. The molecule has 0 aromatic heterocycles. The Kier molecular flexibility index (Phi) is 4.69. The molecule has 4 aromatic rings. The van der Waals surface area contributed by atoms with Crippen LogP contribution >= 0.6 is 0 Å². The Morgan fingerprint density at radius 2 is 1.47 bits per heavy atom. The van der Waals surface area contributed by atoms with Gasteiger partial charge in [0.05, 0.1) is 4.90 Å². The molecule has 0 saturated heterocycles. The van der Waals surface area contributed by atoms with E-state index >= 15 is 0 Å². The molecule has 0 spiro atoms. The van der Waals surface area contributed by atoms with Crippen molar-refractivity contribution in [3.05, 3.63) is 102 Å². The standard InChI is InChI=1S/C26H23NO2S/c1-19-11-13-22(14-12-19)30(28,29)27-16-15-23-21(18-27)17-26(20-7-3-2-4-8-20)25-10-6-5-9-24(23)25/h2-14,17H,15-16,18H2,1H3. The average molecular weight is 414 g/mol. The third-order valence-electron chi connectivity index (χ3n) is 5.95. The predicted molar refractivity (Wildman–Crippen MR) is 122 cm³/mol. The molecule has 0 amide bonds. The number of fused-ring (bicyclic) bond motifs is 3. The second-order valence-corrected chi connectivity index (χ2v) is 9.81. The summed E-state index contributed by atoms with van der Waals surface area (Å²) >= 11 is 0. The molecular formula is C26H23NO2S. The number of sulfonamides is 1. The SMILES string of the molecule is Cc1ccc(S(=O)(=O)N2CCc3c(cc(-c4ccccc4)c4ccccc34)C2)cc1. The molecule has 4 heteroatoms. The molecular weight excluding hydrogens is 390 g/mol. The molecule has 0 aliphatic carbocycles. The summed E-state index contributed by atoms with van der Waals surface area (Å²) in [5.41, 5.74) is 5.71. The van der Waals surface area contributed by atoms with Crippen LogP contribution < -0.4 is 0 Å². The number of benzene rings is 4. The van der Waals surface area contributed by atoms with Gasteiger partial charge in [-0.05, 0) is 64.6 Å². The second kappa shape index (κ2) is 7.38. The lowest BCUT2D eigenvalue weighted by atomic mass is 9.88. The summed E-state index contributed by atoms with van der Waals surface area (Å²) in [6, 6.07) is 28.1. The third kappa shape index (κ3) is 3.22. The maximum absolute atomic E-state index is 13.3. The van der Waals surface area contributed by atoms with E-state index in [0.29, 0.717) is 18.0 Å². The van der Waals surface area contributed by atoms with E-state index in [1.807, 2.05) is 37.3 Å². The van der Waals surface area contributed by atoms with Crippen LogP contribution in [-0.4, -0.2) is 19.3 Å². The number of hydrogen-bond donors (Lipinski definition) is 0. The minimum Gasteiger partial charge on any atom is -0.207 e. The van der Waals surface area contributed by atoms with E-state index in [1.54, 1.807) is 16.4 Å². The van der Waals surface area contributed by atoms with Gasteiger partial charge in [0, 0.05) is 13.1 Å². The van der Waals surface area contributed by atoms with Crippen molar-refractivity contribution >= 4 is 20.8 Å². The van der Waals surface area contributed by atoms with E-state index < -0.39 is 10.0 Å². The van der Waals surface area contributed by atoms with E-state index in [0.717, 1.165) is 28.7 Å². The molecule has 30 heavy (non-hydrogen) atoms. The van der Waals surface area contributed by atoms with E-state index in [-0.39, 0.29) is 0 Å². The summed E-state index contributed by atoms with van der Waals surface area (Å²) < 4.78 is 28.1. The highest BCUT2D eigenvalue weighted by Crippen LogP contribution is 2.36. The molecule has 1 heterocycles. The van der Waals surface area contributed by atoms with Gasteiger partial charge < -0.3 is 0 Å². The Hall–Kier alpha value is -2.95. The fourth-order valence-corrected chi connectivity index (χ4v) is 5.77. The minimum atomic E-state index is -3.52. The van der Waals surface area contributed by atoms with Crippen LogP contribution in [0.3, 0.4) is 0 Å². The van der Waals surface area contributed by atoms with Gasteiger partial charge in [-0.2, -0.15) is 4.31 Å². The summed E-state index contributed by atoms with van der Waals surface area (Å²) in [4.78, 5) is 0.362. The first-order chi connectivity index (χ1) is 14.5. The molecule has 0 atom stereocenters. The number of nitrogens with zero attached hydrogens (tertiary/aromatic N) is 1.